The summed E-state index contributed by atoms with van der Waals surface area (Å²) in [4.78, 5) is 47.3. The van der Waals surface area contributed by atoms with E-state index in [2.05, 4.69) is 54.4 Å². The maximum atomic E-state index is 12.3. The van der Waals surface area contributed by atoms with Crippen LogP contribution in [0.25, 0.3) is 21.5 Å². The molecule has 6 rings (SSSR count). The molecule has 14 nitrogen and oxygen atoms in total. The van der Waals surface area contributed by atoms with Crippen LogP contribution in [0.15, 0.2) is 99.6 Å². The lowest BCUT2D eigenvalue weighted by atomic mass is 10.0. The summed E-state index contributed by atoms with van der Waals surface area (Å²) in [5.41, 5.74) is 1.70. The van der Waals surface area contributed by atoms with Gasteiger partial charge in [0.2, 0.25) is 11.4 Å². The van der Waals surface area contributed by atoms with E-state index in [-0.39, 0.29) is 48.3 Å². The molecule has 286 valence electrons. The molecule has 0 saturated heterocycles. The minimum atomic E-state index is -0.127. The molecule has 3 N–H and O–H groups in total. The molecule has 0 radical (unpaired) electrons. The van der Waals surface area contributed by atoms with Crippen molar-refractivity contribution in [3.8, 4) is 5.88 Å². The number of nitrogens with zero attached hydrogens (tertiary/aromatic N) is 7. The molecule has 2 aromatic carbocycles. The van der Waals surface area contributed by atoms with Crippen molar-refractivity contribution in [2.45, 2.75) is 45.4 Å². The third kappa shape index (κ3) is 9.01. The van der Waals surface area contributed by atoms with Crippen molar-refractivity contribution in [2.24, 2.45) is 14.1 Å². The van der Waals surface area contributed by atoms with Crippen LogP contribution in [0.1, 0.15) is 44.5 Å². The molecule has 0 spiro atoms. The maximum Gasteiger partial charge on any atom is 0.274 e. The van der Waals surface area contributed by atoms with Crippen molar-refractivity contribution < 1.29 is 4.74 Å². The molecule has 0 saturated carbocycles. The van der Waals surface area contributed by atoms with Gasteiger partial charge in [-0.15, -0.1) is 0 Å². The number of rotatable bonds is 11. The fourth-order valence-corrected chi connectivity index (χ4v) is 6.76. The molecular weight excluding hydrogens is 685 g/mol. The van der Waals surface area contributed by atoms with Gasteiger partial charge in [0.15, 0.2) is 11.6 Å². The number of aromatic nitrogens is 6. The van der Waals surface area contributed by atoms with E-state index in [1.54, 1.807) is 33.5 Å². The fourth-order valence-electron chi connectivity index (χ4n) is 6.76. The molecule has 0 bridgehead atoms. The van der Waals surface area contributed by atoms with Gasteiger partial charge in [-0.2, -0.15) is 10.2 Å². The van der Waals surface area contributed by atoms with Gasteiger partial charge in [-0.05, 0) is 65.3 Å². The molecule has 0 aliphatic heterocycles. The molecular formula is C40H52N10O4. The van der Waals surface area contributed by atoms with Gasteiger partial charge in [-0.1, -0.05) is 56.0 Å². The standard InChI is InChI=1S/C20H25N5O2.C19H23N5O2.CH4/c1-13(18(24(2)3)14-10-11-17(27-5)21-12-14)22-19-15-8-6-7-9-16(15)20(26)25(4)23-19;1-12(17(23(2)3)13-9-10-16(25)20-11-13)21-18-14-7-5-6-8-15(14)19(26)24(4)22-18;/h6-13,18H,1-5H3,(H,22,23);5-12,17H,1-4H3,(H,20,25)(H,21,22);1H4/t13-,18+;12-,17+;/m00./s1. The van der Waals surface area contributed by atoms with Gasteiger partial charge in [0.25, 0.3) is 11.1 Å². The Bertz CT molecular complexity index is 2330. The van der Waals surface area contributed by atoms with Crippen LogP contribution in [0.4, 0.5) is 11.6 Å². The Kier molecular flexibility index (Phi) is 13.5. The van der Waals surface area contributed by atoms with E-state index in [1.165, 1.54) is 15.4 Å². The van der Waals surface area contributed by atoms with Gasteiger partial charge in [0.1, 0.15) is 0 Å². The van der Waals surface area contributed by atoms with Crippen molar-refractivity contribution in [1.82, 2.24) is 39.3 Å². The first-order valence-corrected chi connectivity index (χ1v) is 17.3. The van der Waals surface area contributed by atoms with E-state index < -0.39 is 0 Å². The molecule has 0 fully saturated rings. The second-order valence-electron chi connectivity index (χ2n) is 13.4. The highest BCUT2D eigenvalue weighted by Gasteiger charge is 2.25. The highest BCUT2D eigenvalue weighted by molar-refractivity contribution is 5.91. The van der Waals surface area contributed by atoms with Gasteiger partial charge in [-0.25, -0.2) is 14.3 Å². The van der Waals surface area contributed by atoms with Crippen LogP contribution in [-0.4, -0.2) is 86.7 Å². The zero-order valence-corrected chi connectivity index (χ0v) is 31.7. The Hall–Kier alpha value is -5.86. The van der Waals surface area contributed by atoms with Crippen molar-refractivity contribution >= 4 is 33.2 Å². The number of H-pyrrole nitrogens is 1. The number of methoxy groups -OCH3 is 1. The van der Waals surface area contributed by atoms with Gasteiger partial charge in [0, 0.05) is 61.5 Å². The number of pyridine rings is 2. The summed E-state index contributed by atoms with van der Waals surface area (Å²) in [6.45, 7) is 4.15. The van der Waals surface area contributed by atoms with Crippen LogP contribution >= 0.6 is 0 Å². The average Bonchev–Trinajstić information content (AvgIpc) is 3.14. The Morgan fingerprint density at radius 1 is 0.667 bits per heavy atom. The zero-order chi connectivity index (χ0) is 38.4. The minimum Gasteiger partial charge on any atom is -0.481 e. The lowest BCUT2D eigenvalue weighted by molar-refractivity contribution is 0.274. The lowest BCUT2D eigenvalue weighted by Gasteiger charge is -2.31. The highest BCUT2D eigenvalue weighted by atomic mass is 16.5. The highest BCUT2D eigenvalue weighted by Crippen LogP contribution is 2.28. The van der Waals surface area contributed by atoms with Crippen LogP contribution in [0.3, 0.4) is 0 Å². The summed E-state index contributed by atoms with van der Waals surface area (Å²) in [7, 11) is 12.9. The maximum absolute atomic E-state index is 12.3. The monoisotopic (exact) mass is 736 g/mol. The number of fused-ring (bicyclic) bond motifs is 2. The fraction of sp³-hybridized carbons (Fsp3) is 0.350. The third-order valence-corrected chi connectivity index (χ3v) is 9.16. The van der Waals surface area contributed by atoms with Gasteiger partial charge in [0.05, 0.1) is 30.0 Å². The number of nitrogens with one attached hydrogen (secondary N) is 3. The predicted octanol–water partition coefficient (Wildman–Crippen LogP) is 4.80. The number of benzene rings is 2. The van der Waals surface area contributed by atoms with Crippen LogP contribution < -0.4 is 32.0 Å². The molecule has 6 aromatic rings. The first kappa shape index (κ1) is 40.9. The smallest absolute Gasteiger partial charge is 0.274 e. The second-order valence-corrected chi connectivity index (χ2v) is 13.4. The van der Waals surface area contributed by atoms with E-state index >= 15 is 0 Å². The molecule has 4 atom stereocenters. The van der Waals surface area contributed by atoms with Gasteiger partial charge >= 0.3 is 0 Å². The quantitative estimate of drug-likeness (QED) is 0.168. The molecule has 0 aliphatic rings. The number of hydrogen-bond acceptors (Lipinski definition) is 11. The molecule has 0 unspecified atom stereocenters. The second kappa shape index (κ2) is 17.8. The summed E-state index contributed by atoms with van der Waals surface area (Å²) >= 11 is 0. The first-order valence-electron chi connectivity index (χ1n) is 17.3. The summed E-state index contributed by atoms with van der Waals surface area (Å²) < 4.78 is 7.88. The van der Waals surface area contributed by atoms with Crippen LogP contribution in [0.5, 0.6) is 5.88 Å². The number of aromatic amines is 1. The summed E-state index contributed by atoms with van der Waals surface area (Å²) in [5.74, 6) is 1.93. The van der Waals surface area contributed by atoms with E-state index in [9.17, 15) is 14.4 Å². The van der Waals surface area contributed by atoms with Gasteiger partial charge in [-0.3, -0.25) is 14.4 Å². The van der Waals surface area contributed by atoms with Crippen LogP contribution in [0, 0.1) is 0 Å². The van der Waals surface area contributed by atoms with Crippen molar-refractivity contribution in [3.05, 3.63) is 127 Å². The van der Waals surface area contributed by atoms with Crippen LogP contribution in [0.2, 0.25) is 0 Å². The number of hydrogen-bond donors (Lipinski definition) is 3. The van der Waals surface area contributed by atoms with E-state index in [4.69, 9.17) is 4.74 Å². The molecule has 54 heavy (non-hydrogen) atoms. The Labute approximate surface area is 315 Å². The molecule has 4 heterocycles. The normalized spacial score (nSPS) is 13.4. The number of ether oxygens (including phenoxy) is 1. The van der Waals surface area contributed by atoms with Crippen molar-refractivity contribution in [3.63, 3.8) is 0 Å². The largest absolute Gasteiger partial charge is 0.481 e. The Morgan fingerprint density at radius 2 is 1.11 bits per heavy atom. The van der Waals surface area contributed by atoms with E-state index in [0.29, 0.717) is 28.3 Å². The van der Waals surface area contributed by atoms with E-state index in [1.807, 2.05) is 95.1 Å². The third-order valence-electron chi connectivity index (χ3n) is 9.16. The predicted molar refractivity (Wildman–Crippen MR) is 218 cm³/mol. The number of anilines is 2. The summed E-state index contributed by atoms with van der Waals surface area (Å²) in [5, 5.41) is 18.7. The zero-order valence-electron chi connectivity index (χ0n) is 31.7. The molecule has 0 amide bonds. The minimum absolute atomic E-state index is 0. The SMILES string of the molecule is C.COc1ccc([C@@H]([C@H](C)Nc2nn(C)c(=O)c3ccccc23)N(C)C)cn1.C[C@H](Nc1nn(C)c(=O)c2ccccc12)[C@H](c1ccc(=O)[nH]c1)N(C)C. The van der Waals surface area contributed by atoms with E-state index in [0.717, 1.165) is 21.9 Å². The number of aryl methyl sites for hydroxylation is 2. The van der Waals surface area contributed by atoms with Crippen LogP contribution in [-0.2, 0) is 14.1 Å². The lowest BCUT2D eigenvalue weighted by Crippen LogP contribution is -2.35. The summed E-state index contributed by atoms with van der Waals surface area (Å²) in [6.07, 6.45) is 3.56. The van der Waals surface area contributed by atoms with Crippen molar-refractivity contribution in [2.75, 3.05) is 45.9 Å². The molecule has 14 heteroatoms. The van der Waals surface area contributed by atoms with Gasteiger partial charge < -0.3 is 30.2 Å². The molecule has 4 aromatic heterocycles. The van der Waals surface area contributed by atoms with Crippen molar-refractivity contribution in [1.29, 1.82) is 0 Å². The number of likely N-dealkylation sites (N-methyl/N-ethyl adjacent to an activating group) is 2. The summed E-state index contributed by atoms with van der Waals surface area (Å²) in [6, 6.07) is 22.2. The Morgan fingerprint density at radius 3 is 1.50 bits per heavy atom. The topological polar surface area (TPSA) is 155 Å². The molecule has 0 aliphatic carbocycles. The first-order chi connectivity index (χ1) is 25.3. The Balaban J connectivity index is 0.000000236. The average molecular weight is 737 g/mol.